The van der Waals surface area contributed by atoms with Crippen molar-refractivity contribution in [2.24, 2.45) is 5.14 Å². The zero-order chi connectivity index (χ0) is 15.6. The van der Waals surface area contributed by atoms with Gasteiger partial charge in [-0.1, -0.05) is 13.3 Å². The van der Waals surface area contributed by atoms with Gasteiger partial charge in [-0.3, -0.25) is 0 Å². The summed E-state index contributed by atoms with van der Waals surface area (Å²) in [6.07, 6.45) is 3.52. The van der Waals surface area contributed by atoms with Gasteiger partial charge in [0, 0.05) is 12.1 Å². The highest BCUT2D eigenvalue weighted by Crippen LogP contribution is 2.26. The number of unbranched alkanes of at least 4 members (excludes halogenated alkanes) is 1. The molecule has 1 aromatic heterocycles. The summed E-state index contributed by atoms with van der Waals surface area (Å²) in [4.78, 5) is 4.39. The Morgan fingerprint density at radius 3 is 2.62 bits per heavy atom. The van der Waals surface area contributed by atoms with Gasteiger partial charge in [0.2, 0.25) is 10.0 Å². The molecule has 0 atom stereocenters. The Kier molecular flexibility index (Phi) is 4.43. The molecule has 0 aliphatic heterocycles. The van der Waals surface area contributed by atoms with Crippen molar-refractivity contribution in [3.05, 3.63) is 29.6 Å². The van der Waals surface area contributed by atoms with Gasteiger partial charge in [-0.2, -0.15) is 5.10 Å². The number of aryl methyl sites for hydroxylation is 2. The van der Waals surface area contributed by atoms with Gasteiger partial charge in [-0.15, -0.1) is 0 Å². The van der Waals surface area contributed by atoms with Gasteiger partial charge in [0.05, 0.1) is 4.90 Å². The predicted molar refractivity (Wildman–Crippen MR) is 81.2 cm³/mol. The van der Waals surface area contributed by atoms with Gasteiger partial charge >= 0.3 is 0 Å². The Labute approximate surface area is 125 Å². The van der Waals surface area contributed by atoms with Crippen molar-refractivity contribution in [1.29, 1.82) is 0 Å². The second kappa shape index (κ2) is 5.95. The lowest BCUT2D eigenvalue weighted by Gasteiger charge is -2.11. The van der Waals surface area contributed by atoms with Gasteiger partial charge in [0.25, 0.3) is 0 Å². The second-order valence-corrected chi connectivity index (χ2v) is 6.65. The van der Waals surface area contributed by atoms with Crippen molar-refractivity contribution in [3.63, 3.8) is 0 Å². The Morgan fingerprint density at radius 2 is 2.00 bits per heavy atom. The summed E-state index contributed by atoms with van der Waals surface area (Å²) in [5, 5.41) is 9.50. The number of benzene rings is 1. The van der Waals surface area contributed by atoms with E-state index in [0.29, 0.717) is 11.4 Å². The first-order chi connectivity index (χ1) is 9.84. The summed E-state index contributed by atoms with van der Waals surface area (Å²) in [6.45, 7) is 6.47. The summed E-state index contributed by atoms with van der Waals surface area (Å²) in [5.74, 6) is 0.663. The zero-order valence-electron chi connectivity index (χ0n) is 12.5. The van der Waals surface area contributed by atoms with Crippen LogP contribution in [0, 0.1) is 13.8 Å². The van der Waals surface area contributed by atoms with Crippen molar-refractivity contribution in [2.75, 3.05) is 0 Å². The molecule has 6 nitrogen and oxygen atoms in total. The van der Waals surface area contributed by atoms with Gasteiger partial charge in [0.15, 0.2) is 5.82 Å². The minimum atomic E-state index is -3.76. The van der Waals surface area contributed by atoms with Crippen molar-refractivity contribution >= 4 is 10.0 Å². The molecule has 7 heteroatoms. The van der Waals surface area contributed by atoms with Crippen molar-refractivity contribution in [2.45, 2.75) is 45.1 Å². The monoisotopic (exact) mass is 308 g/mol. The van der Waals surface area contributed by atoms with Gasteiger partial charge in [0.1, 0.15) is 6.33 Å². The molecule has 0 aliphatic carbocycles. The van der Waals surface area contributed by atoms with Crippen LogP contribution in [0.5, 0.6) is 0 Å². The first-order valence-corrected chi connectivity index (χ1v) is 8.41. The Hall–Kier alpha value is -1.73. The molecule has 0 saturated carbocycles. The van der Waals surface area contributed by atoms with Gasteiger partial charge in [-0.25, -0.2) is 23.2 Å². The summed E-state index contributed by atoms with van der Waals surface area (Å²) in [6, 6.07) is 3.49. The molecule has 0 bridgehead atoms. The van der Waals surface area contributed by atoms with E-state index in [1.54, 1.807) is 17.7 Å². The molecule has 0 radical (unpaired) electrons. The molecular formula is C14H20N4O2S. The average molecular weight is 308 g/mol. The molecule has 0 saturated heterocycles. The second-order valence-electron chi connectivity index (χ2n) is 5.12. The number of hydrogen-bond donors (Lipinski definition) is 1. The molecule has 21 heavy (non-hydrogen) atoms. The van der Waals surface area contributed by atoms with Crippen LogP contribution in [-0.2, 0) is 16.6 Å². The molecule has 1 aromatic carbocycles. The minimum Gasteiger partial charge on any atom is -0.246 e. The normalized spacial score (nSPS) is 11.8. The van der Waals surface area contributed by atoms with Crippen LogP contribution < -0.4 is 5.14 Å². The lowest BCUT2D eigenvalue weighted by atomic mass is 10.1. The fraction of sp³-hybridized carbons (Fsp3) is 0.429. The summed E-state index contributed by atoms with van der Waals surface area (Å²) in [7, 11) is -3.76. The maximum Gasteiger partial charge on any atom is 0.238 e. The minimum absolute atomic E-state index is 0.141. The van der Waals surface area contributed by atoms with E-state index in [1.807, 2.05) is 13.0 Å². The van der Waals surface area contributed by atoms with E-state index in [-0.39, 0.29) is 4.90 Å². The van der Waals surface area contributed by atoms with Crippen LogP contribution in [0.1, 0.15) is 30.9 Å². The number of nitrogens with two attached hydrogens (primary N) is 1. The van der Waals surface area contributed by atoms with Crippen molar-refractivity contribution in [1.82, 2.24) is 14.8 Å². The quantitative estimate of drug-likeness (QED) is 0.914. The van der Waals surface area contributed by atoms with Gasteiger partial charge < -0.3 is 0 Å². The Bertz CT molecular complexity index is 750. The largest absolute Gasteiger partial charge is 0.246 e. The number of sulfonamides is 1. The summed E-state index contributed by atoms with van der Waals surface area (Å²) < 4.78 is 25.2. The van der Waals surface area contributed by atoms with Gasteiger partial charge in [-0.05, 0) is 43.5 Å². The number of primary sulfonamides is 1. The summed E-state index contributed by atoms with van der Waals surface area (Å²) >= 11 is 0. The van der Waals surface area contributed by atoms with Crippen molar-refractivity contribution < 1.29 is 8.42 Å². The lowest BCUT2D eigenvalue weighted by molar-refractivity contribution is 0.576. The molecule has 2 N–H and O–H groups in total. The topological polar surface area (TPSA) is 90.9 Å². The maximum absolute atomic E-state index is 11.7. The maximum atomic E-state index is 11.7. The predicted octanol–water partition coefficient (Wildman–Crippen LogP) is 2.01. The molecule has 1 heterocycles. The standard InChI is InChI=1S/C14H20N4O2S/c1-4-5-6-18-14(16-9-17-18)12-7-10(2)11(3)13(8-12)21(15,19)20/h7-9H,4-6H2,1-3H3,(H2,15,19,20). The third kappa shape index (κ3) is 3.30. The fourth-order valence-electron chi connectivity index (χ4n) is 2.21. The molecule has 2 rings (SSSR count). The highest BCUT2D eigenvalue weighted by Gasteiger charge is 2.17. The number of rotatable bonds is 5. The SMILES string of the molecule is CCCCn1ncnc1-c1cc(C)c(C)c(S(N)(=O)=O)c1. The first-order valence-electron chi connectivity index (χ1n) is 6.86. The van der Waals surface area contributed by atoms with E-state index >= 15 is 0 Å². The van der Waals surface area contributed by atoms with E-state index < -0.39 is 10.0 Å². The number of nitrogens with zero attached hydrogens (tertiary/aromatic N) is 3. The van der Waals surface area contributed by atoms with E-state index in [2.05, 4.69) is 17.0 Å². The van der Waals surface area contributed by atoms with Crippen LogP contribution in [0.3, 0.4) is 0 Å². The molecule has 0 amide bonds. The van der Waals surface area contributed by atoms with Crippen LogP contribution in [0.15, 0.2) is 23.4 Å². The van der Waals surface area contributed by atoms with Crippen LogP contribution in [0.4, 0.5) is 0 Å². The van der Waals surface area contributed by atoms with Crippen LogP contribution in [0.25, 0.3) is 11.4 Å². The first kappa shape index (κ1) is 15.7. The molecule has 0 spiro atoms. The Morgan fingerprint density at radius 1 is 1.29 bits per heavy atom. The molecule has 0 unspecified atom stereocenters. The highest BCUT2D eigenvalue weighted by molar-refractivity contribution is 7.89. The molecular weight excluding hydrogens is 288 g/mol. The third-order valence-corrected chi connectivity index (χ3v) is 4.56. The average Bonchev–Trinajstić information content (AvgIpc) is 2.86. The van der Waals surface area contributed by atoms with Crippen LogP contribution >= 0.6 is 0 Å². The number of aromatic nitrogens is 3. The Balaban J connectivity index is 2.56. The van der Waals surface area contributed by atoms with Crippen LogP contribution in [-0.4, -0.2) is 23.2 Å². The third-order valence-electron chi connectivity index (χ3n) is 3.52. The fourth-order valence-corrected chi connectivity index (χ4v) is 3.09. The molecule has 0 fully saturated rings. The van der Waals surface area contributed by atoms with E-state index in [0.717, 1.165) is 30.5 Å². The van der Waals surface area contributed by atoms with E-state index in [9.17, 15) is 8.42 Å². The molecule has 2 aromatic rings. The van der Waals surface area contributed by atoms with E-state index in [4.69, 9.17) is 5.14 Å². The molecule has 114 valence electrons. The molecule has 0 aliphatic rings. The number of hydrogen-bond acceptors (Lipinski definition) is 4. The lowest BCUT2D eigenvalue weighted by Crippen LogP contribution is -2.14. The van der Waals surface area contributed by atoms with Crippen molar-refractivity contribution in [3.8, 4) is 11.4 Å². The zero-order valence-corrected chi connectivity index (χ0v) is 13.3. The smallest absolute Gasteiger partial charge is 0.238 e. The van der Waals surface area contributed by atoms with Crippen LogP contribution in [0.2, 0.25) is 0 Å². The van der Waals surface area contributed by atoms with E-state index in [1.165, 1.54) is 6.33 Å². The highest BCUT2D eigenvalue weighted by atomic mass is 32.2. The summed E-state index contributed by atoms with van der Waals surface area (Å²) in [5.41, 5.74) is 2.25.